The van der Waals surface area contributed by atoms with Crippen LogP contribution in [0.1, 0.15) is 0 Å². The maximum Gasteiger partial charge on any atom is 0.201 e. The molecule has 15 heavy (non-hydrogen) atoms. The number of benzene rings is 1. The second-order valence-corrected chi connectivity index (χ2v) is 2.78. The molecule has 0 fully saturated rings. The minimum absolute atomic E-state index is 0.00536. The highest BCUT2D eigenvalue weighted by Gasteiger charge is 1.94. The van der Waals surface area contributed by atoms with E-state index in [9.17, 15) is 9.18 Å². The van der Waals surface area contributed by atoms with Crippen molar-refractivity contribution < 1.29 is 13.9 Å². The smallest absolute Gasteiger partial charge is 0.201 e. The van der Waals surface area contributed by atoms with Gasteiger partial charge < -0.3 is 4.74 Å². The van der Waals surface area contributed by atoms with Crippen molar-refractivity contribution in [1.29, 1.82) is 0 Å². The maximum atomic E-state index is 12.5. The lowest BCUT2D eigenvalue weighted by molar-refractivity contribution is -0.115. The Hall–Kier alpha value is -1.75. The third-order valence-corrected chi connectivity index (χ3v) is 1.53. The number of halogens is 1. The summed E-state index contributed by atoms with van der Waals surface area (Å²) in [6.07, 6.45) is 1.12. The molecule has 0 atom stereocenters. The normalized spacial score (nSPS) is 10.5. The number of methoxy groups -OCH3 is 1. The van der Waals surface area contributed by atoms with Crippen molar-refractivity contribution in [3.8, 4) is 0 Å². The van der Waals surface area contributed by atoms with Gasteiger partial charge in [0.25, 0.3) is 0 Å². The molecule has 0 aliphatic carbocycles. The second kappa shape index (κ2) is 5.87. The van der Waals surface area contributed by atoms with E-state index in [0.29, 0.717) is 5.69 Å². The molecule has 1 rings (SSSR count). The molecule has 1 aromatic rings. The van der Waals surface area contributed by atoms with Crippen LogP contribution in [0.2, 0.25) is 0 Å². The van der Waals surface area contributed by atoms with Crippen LogP contribution in [0, 0.1) is 5.82 Å². The van der Waals surface area contributed by atoms with Crippen LogP contribution in [-0.2, 0) is 9.53 Å². The number of nitrogens with zero attached hydrogens (tertiary/aromatic N) is 1. The lowest BCUT2D eigenvalue weighted by atomic mass is 10.3. The van der Waals surface area contributed by atoms with Crippen LogP contribution < -0.4 is 5.43 Å². The van der Waals surface area contributed by atoms with Crippen molar-refractivity contribution >= 4 is 17.7 Å². The number of anilines is 1. The summed E-state index contributed by atoms with van der Waals surface area (Å²) in [5, 5.41) is 3.66. The number of hydrogen-bond acceptors (Lipinski definition) is 4. The molecule has 1 N–H and O–H groups in total. The zero-order valence-corrected chi connectivity index (χ0v) is 8.24. The first-order valence-corrected chi connectivity index (χ1v) is 4.29. The molecule has 0 heterocycles. The first kappa shape index (κ1) is 11.3. The highest BCUT2D eigenvalue weighted by Crippen LogP contribution is 2.07. The Morgan fingerprint density at radius 2 is 2.20 bits per heavy atom. The lowest BCUT2D eigenvalue weighted by Crippen LogP contribution is -2.08. The first-order valence-electron chi connectivity index (χ1n) is 4.29. The molecule has 0 saturated heterocycles. The fraction of sp³-hybridized carbons (Fsp3) is 0.200. The van der Waals surface area contributed by atoms with E-state index in [2.05, 4.69) is 15.3 Å². The zero-order valence-electron chi connectivity index (χ0n) is 8.24. The van der Waals surface area contributed by atoms with E-state index < -0.39 is 0 Å². The quantitative estimate of drug-likeness (QED) is 0.591. The van der Waals surface area contributed by atoms with Crippen LogP contribution in [0.25, 0.3) is 0 Å². The molecule has 0 spiro atoms. The fourth-order valence-electron chi connectivity index (χ4n) is 0.883. The number of nitrogens with one attached hydrogen (secondary N) is 1. The maximum absolute atomic E-state index is 12.5. The third kappa shape index (κ3) is 4.33. The molecule has 0 aliphatic heterocycles. The molecule has 0 saturated carbocycles. The van der Waals surface area contributed by atoms with Crippen LogP contribution in [0.15, 0.2) is 29.4 Å². The summed E-state index contributed by atoms with van der Waals surface area (Å²) in [4.78, 5) is 10.9. The first-order chi connectivity index (χ1) is 7.22. The van der Waals surface area contributed by atoms with Crippen molar-refractivity contribution in [1.82, 2.24) is 0 Å². The third-order valence-electron chi connectivity index (χ3n) is 1.53. The largest absolute Gasteiger partial charge is 0.376 e. The average Bonchev–Trinajstić information content (AvgIpc) is 2.21. The van der Waals surface area contributed by atoms with Crippen LogP contribution in [0.5, 0.6) is 0 Å². The summed E-state index contributed by atoms with van der Waals surface area (Å²) < 4.78 is 17.1. The lowest BCUT2D eigenvalue weighted by Gasteiger charge is -1.98. The summed E-state index contributed by atoms with van der Waals surface area (Å²) in [5.74, 6) is -0.563. The summed E-state index contributed by atoms with van der Waals surface area (Å²) in [6.45, 7) is -0.00536. The van der Waals surface area contributed by atoms with Gasteiger partial charge in [-0.2, -0.15) is 5.10 Å². The molecular weight excluding hydrogens is 199 g/mol. The number of Topliss-reactive ketones (excluding diaryl/α,β-unsaturated/α-hetero) is 1. The molecular formula is C10H11FN2O2. The van der Waals surface area contributed by atoms with Gasteiger partial charge in [0.05, 0.1) is 11.9 Å². The Bertz CT molecular complexity index is 349. The molecule has 0 unspecified atom stereocenters. The molecule has 5 heteroatoms. The SMILES string of the molecule is COCC(=O)/C=N/Nc1ccc(F)cc1. The van der Waals surface area contributed by atoms with Gasteiger partial charge in [0.15, 0.2) is 0 Å². The van der Waals surface area contributed by atoms with Gasteiger partial charge in [-0.1, -0.05) is 0 Å². The highest BCUT2D eigenvalue weighted by molar-refractivity contribution is 6.28. The van der Waals surface area contributed by atoms with Crippen molar-refractivity contribution in [2.75, 3.05) is 19.1 Å². The molecule has 80 valence electrons. The topological polar surface area (TPSA) is 50.7 Å². The number of carbonyl (C=O) groups excluding carboxylic acids is 1. The van der Waals surface area contributed by atoms with E-state index >= 15 is 0 Å². The van der Waals surface area contributed by atoms with Crippen molar-refractivity contribution in [2.45, 2.75) is 0 Å². The Morgan fingerprint density at radius 3 is 2.80 bits per heavy atom. The van der Waals surface area contributed by atoms with Gasteiger partial charge in [-0.05, 0) is 24.3 Å². The summed E-state index contributed by atoms with van der Waals surface area (Å²) >= 11 is 0. The van der Waals surface area contributed by atoms with E-state index in [4.69, 9.17) is 0 Å². The predicted octanol–water partition coefficient (Wildman–Crippen LogP) is 1.44. The van der Waals surface area contributed by atoms with Crippen LogP contribution in [0.4, 0.5) is 10.1 Å². The standard InChI is InChI=1S/C10H11FN2O2/c1-15-7-10(14)6-12-13-9-4-2-8(11)3-5-9/h2-6,13H,7H2,1H3/b12-6+. The molecule has 1 aromatic carbocycles. The highest BCUT2D eigenvalue weighted by atomic mass is 19.1. The number of rotatable bonds is 5. The number of hydrazone groups is 1. The average molecular weight is 210 g/mol. The monoisotopic (exact) mass is 210 g/mol. The van der Waals surface area contributed by atoms with Crippen molar-refractivity contribution in [2.24, 2.45) is 5.10 Å². The number of ketones is 1. The van der Waals surface area contributed by atoms with Gasteiger partial charge in [-0.3, -0.25) is 10.2 Å². The Balaban J connectivity index is 2.43. The van der Waals surface area contributed by atoms with Gasteiger partial charge in [0, 0.05) is 7.11 Å². The number of ether oxygens (including phenoxy) is 1. The minimum atomic E-state index is -0.319. The number of hydrogen-bond donors (Lipinski definition) is 1. The molecule has 0 amide bonds. The van der Waals surface area contributed by atoms with Crippen molar-refractivity contribution in [3.05, 3.63) is 30.1 Å². The molecule has 0 bridgehead atoms. The predicted molar refractivity (Wildman–Crippen MR) is 55.4 cm³/mol. The van der Waals surface area contributed by atoms with Crippen LogP contribution in [0.3, 0.4) is 0 Å². The fourth-order valence-corrected chi connectivity index (χ4v) is 0.883. The molecule has 0 aliphatic rings. The summed E-state index contributed by atoms with van der Waals surface area (Å²) in [5.41, 5.74) is 3.20. The second-order valence-electron chi connectivity index (χ2n) is 2.78. The van der Waals surface area contributed by atoms with Gasteiger partial charge in [-0.15, -0.1) is 0 Å². The van der Waals surface area contributed by atoms with Gasteiger partial charge >= 0.3 is 0 Å². The van der Waals surface area contributed by atoms with E-state index in [1.165, 1.54) is 31.4 Å². The Labute approximate surface area is 86.7 Å². The summed E-state index contributed by atoms with van der Waals surface area (Å²) in [6, 6.07) is 5.64. The number of carbonyl (C=O) groups is 1. The van der Waals surface area contributed by atoms with Crippen LogP contribution >= 0.6 is 0 Å². The molecule has 0 aromatic heterocycles. The minimum Gasteiger partial charge on any atom is -0.376 e. The Morgan fingerprint density at radius 1 is 1.53 bits per heavy atom. The zero-order chi connectivity index (χ0) is 11.1. The van der Waals surface area contributed by atoms with Gasteiger partial charge in [-0.25, -0.2) is 4.39 Å². The summed E-state index contributed by atoms with van der Waals surface area (Å²) in [7, 11) is 1.43. The molecule has 0 radical (unpaired) electrons. The van der Waals surface area contributed by atoms with E-state index in [1.807, 2.05) is 0 Å². The van der Waals surface area contributed by atoms with Crippen molar-refractivity contribution in [3.63, 3.8) is 0 Å². The van der Waals surface area contributed by atoms with Gasteiger partial charge in [0.1, 0.15) is 12.4 Å². The van der Waals surface area contributed by atoms with E-state index in [1.54, 1.807) is 0 Å². The Kier molecular flexibility index (Phi) is 4.43. The molecule has 4 nitrogen and oxygen atoms in total. The van der Waals surface area contributed by atoms with Gasteiger partial charge in [0.2, 0.25) is 5.78 Å². The van der Waals surface area contributed by atoms with Crippen LogP contribution in [-0.4, -0.2) is 25.7 Å². The van der Waals surface area contributed by atoms with E-state index in [0.717, 1.165) is 6.21 Å². The van der Waals surface area contributed by atoms with E-state index in [-0.39, 0.29) is 18.2 Å².